The van der Waals surface area contributed by atoms with Crippen LogP contribution in [-0.4, -0.2) is 48.1 Å². The van der Waals surface area contributed by atoms with Gasteiger partial charge in [0.15, 0.2) is 5.16 Å². The van der Waals surface area contributed by atoms with Gasteiger partial charge in [0.05, 0.1) is 13.7 Å². The van der Waals surface area contributed by atoms with Gasteiger partial charge in [-0.1, -0.05) is 30.0 Å². The number of carbonyl (C=O) groups is 1. The van der Waals surface area contributed by atoms with E-state index >= 15 is 0 Å². The summed E-state index contributed by atoms with van der Waals surface area (Å²) >= 11 is 1.54. The summed E-state index contributed by atoms with van der Waals surface area (Å²) in [6, 6.07) is 17.0. The van der Waals surface area contributed by atoms with Crippen molar-refractivity contribution in [3.05, 3.63) is 77.1 Å². The molecule has 0 saturated heterocycles. The van der Waals surface area contributed by atoms with Gasteiger partial charge in [-0.15, -0.1) is 0 Å². The molecule has 0 atom stereocenters. The highest BCUT2D eigenvalue weighted by molar-refractivity contribution is 7.98. The summed E-state index contributed by atoms with van der Waals surface area (Å²) in [6.45, 7) is 4.80. The molecule has 0 aliphatic rings. The second-order valence-corrected chi connectivity index (χ2v) is 8.07. The number of likely N-dealkylation sites (N-methyl/N-ethyl adjacent to an activating group) is 1. The van der Waals surface area contributed by atoms with E-state index in [1.54, 1.807) is 19.1 Å². The average molecular weight is 438 g/mol. The number of methoxy groups -OCH3 is 1. The molecule has 3 aromatic rings. The second kappa shape index (κ2) is 10.8. The standard InChI is InChI=1S/C24H27N3O3S/c1-17-15-18(2)26-24(25-17)31-16-19-7-5-6-8-22(19)23(28)27(3)13-14-30-21-11-9-20(29-4)10-12-21/h5-12,15H,13-14,16H2,1-4H3. The van der Waals surface area contributed by atoms with E-state index in [0.29, 0.717) is 24.5 Å². The van der Waals surface area contributed by atoms with Crippen LogP contribution >= 0.6 is 11.8 Å². The molecule has 0 radical (unpaired) electrons. The molecule has 1 amide bonds. The predicted molar refractivity (Wildman–Crippen MR) is 123 cm³/mol. The van der Waals surface area contributed by atoms with E-state index in [1.165, 1.54) is 11.8 Å². The number of aromatic nitrogens is 2. The van der Waals surface area contributed by atoms with Crippen LogP contribution in [0.5, 0.6) is 11.5 Å². The summed E-state index contributed by atoms with van der Waals surface area (Å²) in [5.74, 6) is 2.11. The molecule has 31 heavy (non-hydrogen) atoms. The fourth-order valence-electron chi connectivity index (χ4n) is 3.03. The molecule has 0 saturated carbocycles. The first-order valence-electron chi connectivity index (χ1n) is 10.0. The van der Waals surface area contributed by atoms with Crippen LogP contribution in [0, 0.1) is 13.8 Å². The van der Waals surface area contributed by atoms with Gasteiger partial charge in [-0.3, -0.25) is 4.79 Å². The van der Waals surface area contributed by atoms with Gasteiger partial charge in [-0.2, -0.15) is 0 Å². The van der Waals surface area contributed by atoms with Gasteiger partial charge in [0.2, 0.25) is 0 Å². The largest absolute Gasteiger partial charge is 0.497 e. The van der Waals surface area contributed by atoms with Gasteiger partial charge in [0.1, 0.15) is 18.1 Å². The van der Waals surface area contributed by atoms with Crippen LogP contribution in [0.4, 0.5) is 0 Å². The van der Waals surface area contributed by atoms with Gasteiger partial charge in [-0.25, -0.2) is 9.97 Å². The van der Waals surface area contributed by atoms with E-state index in [4.69, 9.17) is 9.47 Å². The normalized spacial score (nSPS) is 10.6. The summed E-state index contributed by atoms with van der Waals surface area (Å²) in [5, 5.41) is 0.723. The molecule has 1 heterocycles. The summed E-state index contributed by atoms with van der Waals surface area (Å²) in [6.07, 6.45) is 0. The summed E-state index contributed by atoms with van der Waals surface area (Å²) in [7, 11) is 3.42. The Balaban J connectivity index is 1.58. The summed E-state index contributed by atoms with van der Waals surface area (Å²) in [4.78, 5) is 23.6. The Morgan fingerprint density at radius 2 is 1.65 bits per heavy atom. The first-order chi connectivity index (χ1) is 15.0. The monoisotopic (exact) mass is 437 g/mol. The van der Waals surface area contributed by atoms with Crippen molar-refractivity contribution in [3.8, 4) is 11.5 Å². The molecule has 3 rings (SSSR count). The second-order valence-electron chi connectivity index (χ2n) is 7.13. The molecule has 0 aliphatic heterocycles. The molecule has 0 unspecified atom stereocenters. The molecule has 0 aliphatic carbocycles. The molecule has 1 aromatic heterocycles. The number of ether oxygens (including phenoxy) is 2. The zero-order chi connectivity index (χ0) is 22.2. The Morgan fingerprint density at radius 1 is 1.00 bits per heavy atom. The maximum absolute atomic E-state index is 13.0. The number of hydrogen-bond donors (Lipinski definition) is 0. The number of carbonyl (C=O) groups excluding carboxylic acids is 1. The maximum atomic E-state index is 13.0. The lowest BCUT2D eigenvalue weighted by molar-refractivity contribution is 0.0773. The van der Waals surface area contributed by atoms with Crippen LogP contribution in [0.3, 0.4) is 0 Å². The lowest BCUT2D eigenvalue weighted by Crippen LogP contribution is -2.31. The van der Waals surface area contributed by atoms with Gasteiger partial charge >= 0.3 is 0 Å². The summed E-state index contributed by atoms with van der Waals surface area (Å²) in [5.41, 5.74) is 3.53. The summed E-state index contributed by atoms with van der Waals surface area (Å²) < 4.78 is 10.9. The van der Waals surface area contributed by atoms with Crippen LogP contribution in [0.2, 0.25) is 0 Å². The number of thioether (sulfide) groups is 1. The third-order valence-electron chi connectivity index (χ3n) is 4.67. The minimum atomic E-state index is -0.0316. The van der Waals surface area contributed by atoms with Crippen LogP contribution in [0.25, 0.3) is 0 Å². The molecule has 6 nitrogen and oxygen atoms in total. The number of amides is 1. The van der Waals surface area contributed by atoms with E-state index in [9.17, 15) is 4.79 Å². The lowest BCUT2D eigenvalue weighted by Gasteiger charge is -2.19. The van der Waals surface area contributed by atoms with Crippen molar-refractivity contribution in [2.24, 2.45) is 0 Å². The van der Waals surface area contributed by atoms with Crippen LogP contribution < -0.4 is 9.47 Å². The Labute approximate surface area is 187 Å². The smallest absolute Gasteiger partial charge is 0.254 e. The molecule has 7 heteroatoms. The van der Waals surface area contributed by atoms with Gasteiger partial charge in [0, 0.05) is 29.8 Å². The Kier molecular flexibility index (Phi) is 7.89. The first-order valence-corrected chi connectivity index (χ1v) is 11.0. The van der Waals surface area contributed by atoms with Crippen LogP contribution in [-0.2, 0) is 5.75 Å². The van der Waals surface area contributed by atoms with E-state index in [1.807, 2.05) is 68.4 Å². The fraction of sp³-hybridized carbons (Fsp3) is 0.292. The molecule has 162 valence electrons. The number of rotatable bonds is 9. The number of nitrogens with zero attached hydrogens (tertiary/aromatic N) is 3. The molecule has 0 fully saturated rings. The molecule has 0 spiro atoms. The van der Waals surface area contributed by atoms with Crippen molar-refractivity contribution in [3.63, 3.8) is 0 Å². The minimum absolute atomic E-state index is 0.0316. The Hall–Kier alpha value is -3.06. The van der Waals surface area contributed by atoms with E-state index in [2.05, 4.69) is 9.97 Å². The van der Waals surface area contributed by atoms with Crippen molar-refractivity contribution in [2.75, 3.05) is 27.3 Å². The number of aryl methyl sites for hydroxylation is 2. The Bertz CT molecular complexity index is 1000. The van der Waals surface area contributed by atoms with Crippen molar-refractivity contribution in [1.29, 1.82) is 0 Å². The van der Waals surface area contributed by atoms with Crippen LogP contribution in [0.1, 0.15) is 27.3 Å². The highest BCUT2D eigenvalue weighted by atomic mass is 32.2. The van der Waals surface area contributed by atoms with Gasteiger partial charge in [-0.05, 0) is 55.8 Å². The molecular formula is C24H27N3O3S. The highest BCUT2D eigenvalue weighted by Gasteiger charge is 2.16. The van der Waals surface area contributed by atoms with Gasteiger partial charge in [0.25, 0.3) is 5.91 Å². The van der Waals surface area contributed by atoms with E-state index < -0.39 is 0 Å². The highest BCUT2D eigenvalue weighted by Crippen LogP contribution is 2.23. The Morgan fingerprint density at radius 3 is 2.32 bits per heavy atom. The quantitative estimate of drug-likeness (QED) is 0.362. The van der Waals surface area contributed by atoms with Gasteiger partial charge < -0.3 is 14.4 Å². The van der Waals surface area contributed by atoms with Crippen molar-refractivity contribution >= 4 is 17.7 Å². The third-order valence-corrected chi connectivity index (χ3v) is 5.56. The maximum Gasteiger partial charge on any atom is 0.254 e. The van der Waals surface area contributed by atoms with Crippen LogP contribution in [0.15, 0.2) is 59.8 Å². The third kappa shape index (κ3) is 6.46. The van der Waals surface area contributed by atoms with E-state index in [0.717, 1.165) is 33.6 Å². The topological polar surface area (TPSA) is 64.6 Å². The molecule has 0 N–H and O–H groups in total. The van der Waals surface area contributed by atoms with Crippen molar-refractivity contribution in [1.82, 2.24) is 14.9 Å². The molecule has 0 bridgehead atoms. The SMILES string of the molecule is COc1ccc(OCCN(C)C(=O)c2ccccc2CSc2nc(C)cc(C)n2)cc1. The average Bonchev–Trinajstić information content (AvgIpc) is 2.77. The van der Waals surface area contributed by atoms with Crippen molar-refractivity contribution < 1.29 is 14.3 Å². The molecular weight excluding hydrogens is 410 g/mol. The lowest BCUT2D eigenvalue weighted by atomic mass is 10.1. The number of hydrogen-bond acceptors (Lipinski definition) is 6. The minimum Gasteiger partial charge on any atom is -0.497 e. The first kappa shape index (κ1) is 22.6. The predicted octanol–water partition coefficient (Wildman–Crippen LogP) is 4.55. The zero-order valence-corrected chi connectivity index (χ0v) is 19.1. The fourth-order valence-corrected chi connectivity index (χ4v) is 3.99. The number of benzene rings is 2. The van der Waals surface area contributed by atoms with E-state index in [-0.39, 0.29) is 5.91 Å². The van der Waals surface area contributed by atoms with Crippen molar-refractivity contribution in [2.45, 2.75) is 24.8 Å². The zero-order valence-electron chi connectivity index (χ0n) is 18.3. The molecule has 2 aromatic carbocycles.